The lowest BCUT2D eigenvalue weighted by Crippen LogP contribution is -2.39. The summed E-state index contributed by atoms with van der Waals surface area (Å²) in [5.41, 5.74) is 0.994. The number of rotatable bonds is 3. The second-order valence-corrected chi connectivity index (χ2v) is 9.98. The fraction of sp³-hybridized carbons (Fsp3) is 0.278. The lowest BCUT2D eigenvalue weighted by atomic mass is 10.0. The second kappa shape index (κ2) is 6.79. The van der Waals surface area contributed by atoms with E-state index in [-0.39, 0.29) is 5.92 Å². The summed E-state index contributed by atoms with van der Waals surface area (Å²) in [5.74, 6) is 0.156. The van der Waals surface area contributed by atoms with Gasteiger partial charge in [0, 0.05) is 23.5 Å². The standard InChI is InChI=1S/C18H17BrN2O2S2/c19-14-7-1-4-10-17(14)25(22,23)21-11-5-6-13(12-21)18-20-15-8-2-3-9-16(15)24-18/h1-4,7-10,13H,5-6,11-12H2/t13-/m1/s1. The number of aromatic nitrogens is 1. The molecule has 1 atom stereocenters. The summed E-state index contributed by atoms with van der Waals surface area (Å²) >= 11 is 5.04. The van der Waals surface area contributed by atoms with Gasteiger partial charge in [-0.25, -0.2) is 13.4 Å². The fourth-order valence-corrected chi connectivity index (χ4v) is 6.80. The van der Waals surface area contributed by atoms with E-state index >= 15 is 0 Å². The highest BCUT2D eigenvalue weighted by molar-refractivity contribution is 9.10. The number of nitrogens with zero attached hydrogens (tertiary/aromatic N) is 2. The summed E-state index contributed by atoms with van der Waals surface area (Å²) < 4.78 is 29.4. The van der Waals surface area contributed by atoms with Gasteiger partial charge in [-0.05, 0) is 53.0 Å². The number of sulfonamides is 1. The van der Waals surface area contributed by atoms with Crippen LogP contribution in [-0.4, -0.2) is 30.8 Å². The Morgan fingerprint density at radius 3 is 2.68 bits per heavy atom. The van der Waals surface area contributed by atoms with Crippen LogP contribution in [0.5, 0.6) is 0 Å². The molecule has 0 unspecified atom stereocenters. The number of halogens is 1. The zero-order chi connectivity index (χ0) is 17.4. The number of hydrogen-bond donors (Lipinski definition) is 0. The molecule has 4 rings (SSSR count). The number of para-hydroxylation sites is 1. The molecule has 1 fully saturated rings. The predicted molar refractivity (Wildman–Crippen MR) is 104 cm³/mol. The SMILES string of the molecule is O=S(=O)(c1ccccc1Br)N1CCC[C@@H](c2nc3ccccc3s2)C1. The van der Waals surface area contributed by atoms with Crippen molar-refractivity contribution in [3.63, 3.8) is 0 Å². The largest absolute Gasteiger partial charge is 0.244 e. The summed E-state index contributed by atoms with van der Waals surface area (Å²) in [5, 5.41) is 1.04. The van der Waals surface area contributed by atoms with Crippen LogP contribution in [0.4, 0.5) is 0 Å². The molecule has 1 aliphatic rings. The normalized spacial score (nSPS) is 19.3. The minimum absolute atomic E-state index is 0.156. The first-order chi connectivity index (χ1) is 12.1. The molecule has 130 valence electrons. The van der Waals surface area contributed by atoms with Crippen LogP contribution in [0.25, 0.3) is 10.2 Å². The summed E-state index contributed by atoms with van der Waals surface area (Å²) in [6, 6.07) is 15.1. The highest BCUT2D eigenvalue weighted by Gasteiger charge is 2.33. The second-order valence-electron chi connectivity index (χ2n) is 6.15. The fourth-order valence-electron chi connectivity index (χ4n) is 3.22. The van der Waals surface area contributed by atoms with Gasteiger partial charge < -0.3 is 0 Å². The minimum atomic E-state index is -3.50. The average molecular weight is 437 g/mol. The van der Waals surface area contributed by atoms with E-state index in [4.69, 9.17) is 4.98 Å². The van der Waals surface area contributed by atoms with Crippen molar-refractivity contribution in [3.05, 3.63) is 58.0 Å². The quantitative estimate of drug-likeness (QED) is 0.601. The Hall–Kier alpha value is -1.28. The first kappa shape index (κ1) is 17.1. The van der Waals surface area contributed by atoms with Crippen molar-refractivity contribution in [2.45, 2.75) is 23.7 Å². The molecule has 0 spiro atoms. The maximum atomic E-state index is 13.0. The third-order valence-electron chi connectivity index (χ3n) is 4.50. The average Bonchev–Trinajstić information content (AvgIpc) is 3.06. The zero-order valence-electron chi connectivity index (χ0n) is 13.4. The van der Waals surface area contributed by atoms with E-state index in [1.165, 1.54) is 0 Å². The Morgan fingerprint density at radius 1 is 1.12 bits per heavy atom. The van der Waals surface area contributed by atoms with Crippen LogP contribution in [0.15, 0.2) is 57.9 Å². The molecule has 1 aromatic heterocycles. The highest BCUT2D eigenvalue weighted by atomic mass is 79.9. The molecule has 1 saturated heterocycles. The Labute approximate surface area is 159 Å². The molecule has 1 aliphatic heterocycles. The van der Waals surface area contributed by atoms with Crippen LogP contribution >= 0.6 is 27.3 Å². The van der Waals surface area contributed by atoms with Gasteiger partial charge in [-0.1, -0.05) is 24.3 Å². The van der Waals surface area contributed by atoms with Gasteiger partial charge in [-0.15, -0.1) is 11.3 Å². The Bertz CT molecular complexity index is 984. The maximum Gasteiger partial charge on any atom is 0.244 e. The number of hydrogen-bond acceptors (Lipinski definition) is 4. The number of fused-ring (bicyclic) bond motifs is 1. The van der Waals surface area contributed by atoms with Crippen molar-refractivity contribution in [1.29, 1.82) is 0 Å². The lowest BCUT2D eigenvalue weighted by molar-refractivity contribution is 0.315. The molecule has 0 N–H and O–H groups in total. The van der Waals surface area contributed by atoms with E-state index < -0.39 is 10.0 Å². The Balaban J connectivity index is 1.63. The number of piperidine rings is 1. The van der Waals surface area contributed by atoms with Gasteiger partial charge in [0.25, 0.3) is 0 Å². The van der Waals surface area contributed by atoms with E-state index in [2.05, 4.69) is 22.0 Å². The maximum absolute atomic E-state index is 13.0. The molecule has 3 aromatic rings. The Morgan fingerprint density at radius 2 is 1.88 bits per heavy atom. The van der Waals surface area contributed by atoms with E-state index in [1.54, 1.807) is 33.8 Å². The number of benzene rings is 2. The predicted octanol–water partition coefficient (Wildman–Crippen LogP) is 4.63. The highest BCUT2D eigenvalue weighted by Crippen LogP contribution is 2.35. The van der Waals surface area contributed by atoms with Crippen LogP contribution in [-0.2, 0) is 10.0 Å². The van der Waals surface area contributed by atoms with Crippen molar-refractivity contribution in [3.8, 4) is 0 Å². The van der Waals surface area contributed by atoms with Gasteiger partial charge in [0.1, 0.15) is 0 Å². The van der Waals surface area contributed by atoms with Gasteiger partial charge in [0.15, 0.2) is 0 Å². The van der Waals surface area contributed by atoms with Gasteiger partial charge in [-0.3, -0.25) is 0 Å². The molecular formula is C18H17BrN2O2S2. The van der Waals surface area contributed by atoms with Crippen molar-refractivity contribution < 1.29 is 8.42 Å². The summed E-state index contributed by atoms with van der Waals surface area (Å²) in [6.07, 6.45) is 1.83. The molecule has 25 heavy (non-hydrogen) atoms. The van der Waals surface area contributed by atoms with Crippen LogP contribution in [0.1, 0.15) is 23.8 Å². The third kappa shape index (κ3) is 3.26. The van der Waals surface area contributed by atoms with Gasteiger partial charge >= 0.3 is 0 Å². The van der Waals surface area contributed by atoms with E-state index in [9.17, 15) is 8.42 Å². The molecule has 7 heteroatoms. The summed E-state index contributed by atoms with van der Waals surface area (Å²) in [6.45, 7) is 1.05. The van der Waals surface area contributed by atoms with Gasteiger partial charge in [0.2, 0.25) is 10.0 Å². The topological polar surface area (TPSA) is 50.3 Å². The summed E-state index contributed by atoms with van der Waals surface area (Å²) in [7, 11) is -3.50. The van der Waals surface area contributed by atoms with Crippen LogP contribution in [0, 0.1) is 0 Å². The smallest absolute Gasteiger partial charge is 0.241 e. The Kier molecular flexibility index (Phi) is 4.66. The van der Waals surface area contributed by atoms with E-state index in [1.807, 2.05) is 24.3 Å². The molecule has 0 radical (unpaired) electrons. The molecule has 0 saturated carbocycles. The van der Waals surface area contributed by atoms with Crippen LogP contribution < -0.4 is 0 Å². The van der Waals surface area contributed by atoms with Crippen molar-refractivity contribution >= 4 is 47.5 Å². The molecular weight excluding hydrogens is 420 g/mol. The molecule has 0 aliphatic carbocycles. The van der Waals surface area contributed by atoms with Crippen molar-refractivity contribution in [1.82, 2.24) is 9.29 Å². The minimum Gasteiger partial charge on any atom is -0.241 e. The van der Waals surface area contributed by atoms with Crippen molar-refractivity contribution in [2.24, 2.45) is 0 Å². The van der Waals surface area contributed by atoms with Gasteiger partial charge in [-0.2, -0.15) is 4.31 Å². The molecule has 2 aromatic carbocycles. The lowest BCUT2D eigenvalue weighted by Gasteiger charge is -2.31. The van der Waals surface area contributed by atoms with Crippen LogP contribution in [0.2, 0.25) is 0 Å². The monoisotopic (exact) mass is 436 g/mol. The summed E-state index contributed by atoms with van der Waals surface area (Å²) in [4.78, 5) is 5.06. The van der Waals surface area contributed by atoms with E-state index in [0.717, 1.165) is 28.1 Å². The first-order valence-electron chi connectivity index (χ1n) is 8.16. The number of thiazole rings is 1. The first-order valence-corrected chi connectivity index (χ1v) is 11.2. The molecule has 2 heterocycles. The van der Waals surface area contributed by atoms with Gasteiger partial charge in [0.05, 0.1) is 20.1 Å². The van der Waals surface area contributed by atoms with Crippen LogP contribution in [0.3, 0.4) is 0 Å². The van der Waals surface area contributed by atoms with E-state index in [0.29, 0.717) is 22.5 Å². The third-order valence-corrected chi connectivity index (χ3v) is 8.57. The van der Waals surface area contributed by atoms with Crippen molar-refractivity contribution in [2.75, 3.05) is 13.1 Å². The zero-order valence-corrected chi connectivity index (χ0v) is 16.6. The molecule has 4 nitrogen and oxygen atoms in total. The molecule has 0 amide bonds. The molecule has 0 bridgehead atoms.